The monoisotopic (exact) mass is 254 g/mol. The van der Waals surface area contributed by atoms with Gasteiger partial charge < -0.3 is 15.5 Å². The third-order valence-electron chi connectivity index (χ3n) is 3.74. The molecule has 1 saturated carbocycles. The van der Waals surface area contributed by atoms with Gasteiger partial charge in [0.15, 0.2) is 5.96 Å². The maximum Gasteiger partial charge on any atom is 0.191 e. The molecule has 2 atom stereocenters. The Hall–Kier alpha value is -0.770. The van der Waals surface area contributed by atoms with Crippen molar-refractivity contribution in [1.82, 2.24) is 15.5 Å². The van der Waals surface area contributed by atoms with E-state index in [1.54, 1.807) is 0 Å². The van der Waals surface area contributed by atoms with Gasteiger partial charge in [-0.25, -0.2) is 0 Å². The Morgan fingerprint density at radius 1 is 1.28 bits per heavy atom. The third kappa shape index (κ3) is 5.71. The fraction of sp³-hybridized carbons (Fsp3) is 0.929. The molecule has 0 bridgehead atoms. The molecule has 0 radical (unpaired) electrons. The lowest BCUT2D eigenvalue weighted by Gasteiger charge is -2.18. The van der Waals surface area contributed by atoms with Gasteiger partial charge in [-0.2, -0.15) is 0 Å². The third-order valence-corrected chi connectivity index (χ3v) is 3.74. The summed E-state index contributed by atoms with van der Waals surface area (Å²) in [5.41, 5.74) is 0. The van der Waals surface area contributed by atoms with Crippen LogP contribution >= 0.6 is 0 Å². The van der Waals surface area contributed by atoms with Crippen LogP contribution in [-0.2, 0) is 0 Å². The number of nitrogens with zero attached hydrogens (tertiary/aromatic N) is 2. The van der Waals surface area contributed by atoms with Crippen LogP contribution < -0.4 is 10.6 Å². The van der Waals surface area contributed by atoms with Gasteiger partial charge in [0.25, 0.3) is 0 Å². The van der Waals surface area contributed by atoms with Gasteiger partial charge in [0.2, 0.25) is 0 Å². The summed E-state index contributed by atoms with van der Waals surface area (Å²) in [4.78, 5) is 6.72. The zero-order chi connectivity index (χ0) is 13.4. The molecule has 1 fully saturated rings. The van der Waals surface area contributed by atoms with Gasteiger partial charge in [0.05, 0.1) is 0 Å². The van der Waals surface area contributed by atoms with Crippen LogP contribution in [0.3, 0.4) is 0 Å². The molecule has 0 spiro atoms. The van der Waals surface area contributed by atoms with E-state index in [0.29, 0.717) is 6.04 Å². The van der Waals surface area contributed by atoms with E-state index in [4.69, 9.17) is 0 Å². The summed E-state index contributed by atoms with van der Waals surface area (Å²) in [5, 5.41) is 6.83. The summed E-state index contributed by atoms with van der Waals surface area (Å²) >= 11 is 0. The highest BCUT2D eigenvalue weighted by Gasteiger charge is 2.32. The highest BCUT2D eigenvalue weighted by Crippen LogP contribution is 2.28. The fourth-order valence-corrected chi connectivity index (χ4v) is 2.10. The summed E-state index contributed by atoms with van der Waals surface area (Å²) in [6.45, 7) is 11.3. The zero-order valence-electron chi connectivity index (χ0n) is 12.5. The van der Waals surface area contributed by atoms with Crippen LogP contribution in [-0.4, -0.2) is 50.1 Å². The molecule has 4 heteroatoms. The van der Waals surface area contributed by atoms with Crippen molar-refractivity contribution >= 4 is 5.96 Å². The Morgan fingerprint density at radius 3 is 2.44 bits per heavy atom. The normalized spacial score (nSPS) is 23.3. The average Bonchev–Trinajstić information content (AvgIpc) is 3.08. The topological polar surface area (TPSA) is 39.7 Å². The van der Waals surface area contributed by atoms with Crippen molar-refractivity contribution in [2.45, 2.75) is 46.1 Å². The van der Waals surface area contributed by atoms with Crippen molar-refractivity contribution in [3.63, 3.8) is 0 Å². The molecular formula is C14H30N4. The first-order valence-corrected chi connectivity index (χ1v) is 7.40. The van der Waals surface area contributed by atoms with Crippen LogP contribution in [0.2, 0.25) is 0 Å². The molecule has 0 amide bonds. The van der Waals surface area contributed by atoms with E-state index in [9.17, 15) is 0 Å². The van der Waals surface area contributed by atoms with Crippen LogP contribution in [0.15, 0.2) is 4.99 Å². The minimum Gasteiger partial charge on any atom is -0.356 e. The van der Waals surface area contributed by atoms with Crippen LogP contribution in [0.1, 0.15) is 40.0 Å². The van der Waals surface area contributed by atoms with Crippen molar-refractivity contribution in [1.29, 1.82) is 0 Å². The standard InChI is InChI=1S/C14H30N4/c1-5-18(6-2)10-8-7-9-16-14(15-4)17-13-11-12(13)3/h12-13H,5-11H2,1-4H3,(H2,15,16,17). The second-order valence-corrected chi connectivity index (χ2v) is 5.20. The summed E-state index contributed by atoms with van der Waals surface area (Å²) in [7, 11) is 1.85. The van der Waals surface area contributed by atoms with E-state index in [-0.39, 0.29) is 0 Å². The zero-order valence-corrected chi connectivity index (χ0v) is 12.5. The van der Waals surface area contributed by atoms with E-state index < -0.39 is 0 Å². The molecule has 2 unspecified atom stereocenters. The van der Waals surface area contributed by atoms with Gasteiger partial charge in [0, 0.05) is 19.6 Å². The van der Waals surface area contributed by atoms with E-state index in [1.165, 1.54) is 25.8 Å². The number of unbranched alkanes of at least 4 members (excludes halogenated alkanes) is 1. The Bertz CT molecular complexity index is 248. The first kappa shape index (κ1) is 15.3. The molecule has 1 rings (SSSR count). The lowest BCUT2D eigenvalue weighted by molar-refractivity contribution is 0.297. The van der Waals surface area contributed by atoms with E-state index >= 15 is 0 Å². The minimum atomic E-state index is 0.645. The van der Waals surface area contributed by atoms with Gasteiger partial charge >= 0.3 is 0 Å². The number of hydrogen-bond donors (Lipinski definition) is 2. The van der Waals surface area contributed by atoms with Gasteiger partial charge in [-0.15, -0.1) is 0 Å². The maximum atomic E-state index is 4.25. The predicted octanol–water partition coefficient (Wildman–Crippen LogP) is 1.68. The average molecular weight is 254 g/mol. The number of nitrogens with one attached hydrogen (secondary N) is 2. The van der Waals surface area contributed by atoms with Crippen LogP contribution in [0.25, 0.3) is 0 Å². The van der Waals surface area contributed by atoms with Gasteiger partial charge in [-0.1, -0.05) is 20.8 Å². The van der Waals surface area contributed by atoms with E-state index in [1.807, 2.05) is 7.05 Å². The Kier molecular flexibility index (Phi) is 7.09. The van der Waals surface area contributed by atoms with Gasteiger partial charge in [0.1, 0.15) is 0 Å². The van der Waals surface area contributed by atoms with Crippen molar-refractivity contribution in [3.8, 4) is 0 Å². The molecule has 0 aliphatic heterocycles. The lowest BCUT2D eigenvalue weighted by atomic mass is 10.3. The number of guanidine groups is 1. The Labute approximate surface area is 112 Å². The van der Waals surface area contributed by atoms with Crippen molar-refractivity contribution < 1.29 is 0 Å². The van der Waals surface area contributed by atoms with E-state index in [0.717, 1.165) is 31.5 Å². The predicted molar refractivity (Wildman–Crippen MR) is 79.1 cm³/mol. The number of hydrogen-bond acceptors (Lipinski definition) is 2. The van der Waals surface area contributed by atoms with E-state index in [2.05, 4.69) is 41.3 Å². The molecule has 0 heterocycles. The Morgan fingerprint density at radius 2 is 1.94 bits per heavy atom. The summed E-state index contributed by atoms with van der Waals surface area (Å²) in [6, 6.07) is 0.645. The van der Waals surface area contributed by atoms with Gasteiger partial charge in [-0.05, 0) is 44.8 Å². The molecule has 1 aliphatic carbocycles. The maximum absolute atomic E-state index is 4.25. The second-order valence-electron chi connectivity index (χ2n) is 5.20. The van der Waals surface area contributed by atoms with Crippen molar-refractivity contribution in [3.05, 3.63) is 0 Å². The molecular weight excluding hydrogens is 224 g/mol. The Balaban J connectivity index is 2.02. The molecule has 2 N–H and O–H groups in total. The molecule has 0 aromatic carbocycles. The molecule has 1 aliphatic rings. The smallest absolute Gasteiger partial charge is 0.191 e. The van der Waals surface area contributed by atoms with Crippen molar-refractivity contribution in [2.75, 3.05) is 33.2 Å². The quantitative estimate of drug-likeness (QED) is 0.393. The summed E-state index contributed by atoms with van der Waals surface area (Å²) in [5.74, 6) is 1.78. The molecule has 0 aromatic heterocycles. The molecule has 18 heavy (non-hydrogen) atoms. The first-order chi connectivity index (χ1) is 8.71. The molecule has 0 aromatic rings. The SMILES string of the molecule is CCN(CC)CCCCNC(=NC)NC1CC1C. The lowest BCUT2D eigenvalue weighted by Crippen LogP contribution is -2.39. The molecule has 4 nitrogen and oxygen atoms in total. The largest absolute Gasteiger partial charge is 0.356 e. The highest BCUT2D eigenvalue weighted by molar-refractivity contribution is 5.80. The summed E-state index contributed by atoms with van der Waals surface area (Å²) < 4.78 is 0. The molecule has 106 valence electrons. The number of aliphatic imine (C=N–C) groups is 1. The van der Waals surface area contributed by atoms with Gasteiger partial charge in [-0.3, -0.25) is 4.99 Å². The van der Waals surface area contributed by atoms with Crippen LogP contribution in [0.5, 0.6) is 0 Å². The molecule has 0 saturated heterocycles. The van der Waals surface area contributed by atoms with Crippen molar-refractivity contribution in [2.24, 2.45) is 10.9 Å². The highest BCUT2D eigenvalue weighted by atomic mass is 15.2. The first-order valence-electron chi connectivity index (χ1n) is 7.40. The number of rotatable bonds is 8. The van der Waals surface area contributed by atoms with Crippen LogP contribution in [0.4, 0.5) is 0 Å². The second kappa shape index (κ2) is 8.35. The summed E-state index contributed by atoms with van der Waals surface area (Å²) in [6.07, 6.45) is 3.74. The minimum absolute atomic E-state index is 0.645. The fourth-order valence-electron chi connectivity index (χ4n) is 2.10. The van der Waals surface area contributed by atoms with Crippen LogP contribution in [0, 0.1) is 5.92 Å².